The first-order chi connectivity index (χ1) is 15.6. The fraction of sp³-hybridized carbons (Fsp3) is 0.273. The summed E-state index contributed by atoms with van der Waals surface area (Å²) in [5.41, 5.74) is 9.07. The second kappa shape index (κ2) is 7.13. The molecule has 1 atom stereocenters. The zero-order chi connectivity index (χ0) is 23.8. The maximum absolute atomic E-state index is 15.5. The number of hydrogen-bond acceptors (Lipinski definition) is 5. The molecule has 2 aromatic carbocycles. The van der Waals surface area contributed by atoms with Gasteiger partial charge in [-0.3, -0.25) is 4.79 Å². The highest BCUT2D eigenvalue weighted by atomic mass is 35.5. The van der Waals surface area contributed by atoms with Gasteiger partial charge in [-0.2, -0.15) is 0 Å². The predicted molar refractivity (Wildman–Crippen MR) is 118 cm³/mol. The Kier molecular flexibility index (Phi) is 4.67. The number of nitrogen functional groups attached to an aromatic ring is 1. The van der Waals surface area contributed by atoms with E-state index < -0.39 is 45.5 Å². The summed E-state index contributed by atoms with van der Waals surface area (Å²) in [4.78, 5) is 26.3. The lowest BCUT2D eigenvalue weighted by atomic mass is 10.0. The van der Waals surface area contributed by atoms with Crippen molar-refractivity contribution in [3.05, 3.63) is 62.7 Å². The van der Waals surface area contributed by atoms with Crippen LogP contribution in [0.5, 0.6) is 0 Å². The van der Waals surface area contributed by atoms with E-state index in [1.165, 1.54) is 0 Å². The number of carbonyl (C=O) groups is 1. The van der Waals surface area contributed by atoms with Gasteiger partial charge in [0.05, 0.1) is 33.0 Å². The number of halogens is 4. The van der Waals surface area contributed by atoms with Crippen LogP contribution in [-0.2, 0) is 0 Å². The number of benzene rings is 2. The smallest absolute Gasteiger partial charge is 0.341 e. The van der Waals surface area contributed by atoms with Gasteiger partial charge in [0.25, 0.3) is 0 Å². The first-order valence-electron chi connectivity index (χ1n) is 10.1. The number of fused-ring (bicyclic) bond motifs is 1. The minimum atomic E-state index is -1.63. The maximum Gasteiger partial charge on any atom is 0.341 e. The lowest BCUT2D eigenvalue weighted by Crippen LogP contribution is -2.30. The Bertz CT molecular complexity index is 1420. The number of pyridine rings is 1. The predicted octanol–water partition coefficient (Wildman–Crippen LogP) is 3.27. The standard InChI is InChI=1S/C22H18ClF3N4O3/c23-15-18-14(17(28)16(26)19(15)29-7-13(27)22(8-29)3-4-22)20(31)10(21(32)33)6-30(18)12-2-1-9(24)5-11(12)25/h1-2,5-6,13H,3-4,7-8,27-28H2,(H,32,33). The number of hydrogen-bond donors (Lipinski definition) is 3. The van der Waals surface area contributed by atoms with Crippen molar-refractivity contribution < 1.29 is 23.1 Å². The van der Waals surface area contributed by atoms with Gasteiger partial charge in [0, 0.05) is 36.8 Å². The van der Waals surface area contributed by atoms with E-state index in [9.17, 15) is 23.5 Å². The van der Waals surface area contributed by atoms with E-state index in [4.69, 9.17) is 23.1 Å². The van der Waals surface area contributed by atoms with Crippen LogP contribution in [0.1, 0.15) is 23.2 Å². The molecule has 1 saturated heterocycles. The third-order valence-corrected chi connectivity index (χ3v) is 7.01. The molecule has 1 unspecified atom stereocenters. The molecule has 5 rings (SSSR count). The number of aromatic nitrogens is 1. The van der Waals surface area contributed by atoms with Crippen LogP contribution in [0.2, 0.25) is 5.02 Å². The molecule has 7 nitrogen and oxygen atoms in total. The fourth-order valence-corrected chi connectivity index (χ4v) is 5.06. The Labute approximate surface area is 189 Å². The summed E-state index contributed by atoms with van der Waals surface area (Å²) in [5.74, 6) is -4.52. The lowest BCUT2D eigenvalue weighted by molar-refractivity contribution is 0.0695. The molecule has 1 saturated carbocycles. The topological polar surface area (TPSA) is 115 Å². The van der Waals surface area contributed by atoms with Gasteiger partial charge in [-0.25, -0.2) is 18.0 Å². The summed E-state index contributed by atoms with van der Waals surface area (Å²) >= 11 is 6.62. The quantitative estimate of drug-likeness (QED) is 0.498. The Balaban J connectivity index is 1.88. The Morgan fingerprint density at radius 1 is 1.24 bits per heavy atom. The monoisotopic (exact) mass is 478 g/mol. The Morgan fingerprint density at radius 2 is 1.94 bits per heavy atom. The van der Waals surface area contributed by atoms with E-state index in [1.54, 1.807) is 4.90 Å². The van der Waals surface area contributed by atoms with E-state index in [0.717, 1.165) is 35.7 Å². The Morgan fingerprint density at radius 3 is 2.52 bits per heavy atom. The van der Waals surface area contributed by atoms with E-state index in [-0.39, 0.29) is 33.4 Å². The van der Waals surface area contributed by atoms with Crippen molar-refractivity contribution in [2.45, 2.75) is 18.9 Å². The summed E-state index contributed by atoms with van der Waals surface area (Å²) in [6, 6.07) is 2.40. The normalized spacial score (nSPS) is 18.9. The van der Waals surface area contributed by atoms with Gasteiger partial charge >= 0.3 is 5.97 Å². The summed E-state index contributed by atoms with van der Waals surface area (Å²) in [7, 11) is 0. The van der Waals surface area contributed by atoms with Crippen LogP contribution < -0.4 is 21.8 Å². The van der Waals surface area contributed by atoms with Gasteiger partial charge in [-0.15, -0.1) is 0 Å². The zero-order valence-corrected chi connectivity index (χ0v) is 17.8. The third kappa shape index (κ3) is 3.08. The van der Waals surface area contributed by atoms with Crippen molar-refractivity contribution in [1.82, 2.24) is 4.57 Å². The summed E-state index contributed by atoms with van der Waals surface area (Å²) in [5, 5.41) is 8.75. The minimum absolute atomic E-state index is 0.0976. The zero-order valence-electron chi connectivity index (χ0n) is 17.0. The van der Waals surface area contributed by atoms with Crippen molar-refractivity contribution >= 4 is 39.8 Å². The van der Waals surface area contributed by atoms with Gasteiger partial charge in [0.1, 0.15) is 17.2 Å². The number of nitrogens with zero attached hydrogens (tertiary/aromatic N) is 2. The molecule has 0 amide bonds. The minimum Gasteiger partial charge on any atom is -0.477 e. The van der Waals surface area contributed by atoms with E-state index in [1.807, 2.05) is 0 Å². The molecule has 2 fully saturated rings. The van der Waals surface area contributed by atoms with Crippen molar-refractivity contribution in [3.63, 3.8) is 0 Å². The second-order valence-electron chi connectivity index (χ2n) is 8.61. The van der Waals surface area contributed by atoms with Gasteiger partial charge in [-0.1, -0.05) is 11.6 Å². The van der Waals surface area contributed by atoms with Crippen LogP contribution in [0.4, 0.5) is 24.5 Å². The number of carboxylic acid groups (broad SMARTS) is 1. The average Bonchev–Trinajstić information content (AvgIpc) is 3.45. The number of anilines is 2. The van der Waals surface area contributed by atoms with E-state index in [2.05, 4.69) is 0 Å². The molecule has 11 heteroatoms. The molecule has 1 aliphatic carbocycles. The van der Waals surface area contributed by atoms with Crippen LogP contribution in [-0.4, -0.2) is 34.8 Å². The Hall–Kier alpha value is -3.24. The molecule has 2 heterocycles. The fourth-order valence-electron chi connectivity index (χ4n) is 4.68. The molecule has 3 aromatic rings. The largest absolute Gasteiger partial charge is 0.477 e. The number of aromatic carboxylic acids is 1. The molecule has 1 spiro atoms. The van der Waals surface area contributed by atoms with Crippen molar-refractivity contribution in [3.8, 4) is 5.69 Å². The second-order valence-corrected chi connectivity index (χ2v) is 8.98. The highest BCUT2D eigenvalue weighted by Gasteiger charge is 2.54. The van der Waals surface area contributed by atoms with E-state index >= 15 is 4.39 Å². The summed E-state index contributed by atoms with van der Waals surface area (Å²) in [6.07, 6.45) is 2.65. The van der Waals surface area contributed by atoms with Crippen LogP contribution >= 0.6 is 11.6 Å². The summed E-state index contributed by atoms with van der Waals surface area (Å²) < 4.78 is 44.7. The van der Waals surface area contributed by atoms with Crippen molar-refractivity contribution in [2.24, 2.45) is 11.1 Å². The van der Waals surface area contributed by atoms with Crippen LogP contribution in [0.3, 0.4) is 0 Å². The summed E-state index contributed by atoms with van der Waals surface area (Å²) in [6.45, 7) is 0.724. The molecule has 172 valence electrons. The van der Waals surface area contributed by atoms with Gasteiger partial charge in [0.15, 0.2) is 5.82 Å². The molecule has 0 bridgehead atoms. The molecule has 5 N–H and O–H groups in total. The first kappa shape index (κ1) is 21.6. The first-order valence-corrected chi connectivity index (χ1v) is 10.5. The molecule has 2 aliphatic rings. The molecule has 0 radical (unpaired) electrons. The highest BCUT2D eigenvalue weighted by Crippen LogP contribution is 2.54. The van der Waals surface area contributed by atoms with Crippen molar-refractivity contribution in [2.75, 3.05) is 23.7 Å². The number of carboxylic acids is 1. The van der Waals surface area contributed by atoms with E-state index in [0.29, 0.717) is 19.2 Å². The molecule has 33 heavy (non-hydrogen) atoms. The van der Waals surface area contributed by atoms with Gasteiger partial charge < -0.3 is 26.0 Å². The van der Waals surface area contributed by atoms with Crippen LogP contribution in [0, 0.1) is 22.9 Å². The van der Waals surface area contributed by atoms with Gasteiger partial charge in [0.2, 0.25) is 5.43 Å². The van der Waals surface area contributed by atoms with Gasteiger partial charge in [-0.05, 0) is 25.0 Å². The van der Waals surface area contributed by atoms with Crippen molar-refractivity contribution in [1.29, 1.82) is 0 Å². The SMILES string of the molecule is Nc1c(F)c(N2CC(N)C3(CC3)C2)c(Cl)c2c1c(=O)c(C(=O)O)cn2-c1ccc(F)cc1F. The average molecular weight is 479 g/mol. The third-order valence-electron chi connectivity index (χ3n) is 6.65. The molecule has 1 aliphatic heterocycles. The maximum atomic E-state index is 15.5. The number of rotatable bonds is 3. The van der Waals surface area contributed by atoms with Crippen LogP contribution in [0.25, 0.3) is 16.6 Å². The molecule has 1 aromatic heterocycles. The lowest BCUT2D eigenvalue weighted by Gasteiger charge is -2.24. The highest BCUT2D eigenvalue weighted by molar-refractivity contribution is 6.38. The van der Waals surface area contributed by atoms with Crippen LogP contribution in [0.15, 0.2) is 29.2 Å². The molecular weight excluding hydrogens is 461 g/mol. The molecular formula is C22H18ClF3N4O3. The number of nitrogens with two attached hydrogens (primary N) is 2.